The lowest BCUT2D eigenvalue weighted by molar-refractivity contribution is 0.291. The van der Waals surface area contributed by atoms with Crippen molar-refractivity contribution in [3.63, 3.8) is 0 Å². The average molecular weight is 294 g/mol. The number of halogens is 1. The van der Waals surface area contributed by atoms with Gasteiger partial charge in [-0.25, -0.2) is 4.39 Å². The largest absolute Gasteiger partial charge is 0.486 e. The van der Waals surface area contributed by atoms with Crippen LogP contribution in [0.15, 0.2) is 53.5 Å². The molecule has 0 aliphatic heterocycles. The fraction of sp³-hybridized carbons (Fsp3) is 0.0588. The minimum atomic E-state index is -0.566. The van der Waals surface area contributed by atoms with E-state index in [9.17, 15) is 9.18 Å². The number of benzene rings is 2. The number of ether oxygens (including phenoxy) is 1. The van der Waals surface area contributed by atoms with Gasteiger partial charge in [0.1, 0.15) is 18.2 Å². The molecule has 4 nitrogen and oxygen atoms in total. The first-order valence-corrected chi connectivity index (χ1v) is 6.61. The molecule has 1 heterocycles. The molecule has 0 amide bonds. The van der Waals surface area contributed by atoms with Crippen molar-refractivity contribution >= 4 is 10.9 Å². The minimum Gasteiger partial charge on any atom is -0.486 e. The SMILES string of the molecule is N#Cc1c[nH]c2cc(F)c(OCc3ccccc3)cc2c1=O. The average Bonchev–Trinajstić information content (AvgIpc) is 2.55. The van der Waals surface area contributed by atoms with E-state index in [1.54, 1.807) is 6.07 Å². The summed E-state index contributed by atoms with van der Waals surface area (Å²) in [5.41, 5.74) is 0.754. The highest BCUT2D eigenvalue weighted by atomic mass is 19.1. The molecule has 0 radical (unpaired) electrons. The molecule has 3 rings (SSSR count). The van der Waals surface area contributed by atoms with Crippen molar-refractivity contribution in [3.05, 3.63) is 75.8 Å². The van der Waals surface area contributed by atoms with Crippen LogP contribution >= 0.6 is 0 Å². The molecule has 1 aromatic heterocycles. The van der Waals surface area contributed by atoms with Crippen LogP contribution in [0.1, 0.15) is 11.1 Å². The Balaban J connectivity index is 1.99. The van der Waals surface area contributed by atoms with Crippen molar-refractivity contribution in [2.45, 2.75) is 6.61 Å². The van der Waals surface area contributed by atoms with E-state index in [4.69, 9.17) is 10.00 Å². The molecule has 3 aromatic rings. The van der Waals surface area contributed by atoms with Crippen LogP contribution in [0.25, 0.3) is 10.9 Å². The van der Waals surface area contributed by atoms with Gasteiger partial charge in [0.05, 0.1) is 10.9 Å². The van der Waals surface area contributed by atoms with Gasteiger partial charge in [0.15, 0.2) is 11.6 Å². The normalized spacial score (nSPS) is 10.4. The Labute approximate surface area is 125 Å². The number of aromatic amines is 1. The molecule has 0 aliphatic rings. The first kappa shape index (κ1) is 13.8. The molecule has 5 heteroatoms. The van der Waals surface area contributed by atoms with E-state index >= 15 is 0 Å². The summed E-state index contributed by atoms with van der Waals surface area (Å²) in [5.74, 6) is -0.583. The summed E-state index contributed by atoms with van der Waals surface area (Å²) in [4.78, 5) is 14.8. The standard InChI is InChI=1S/C17H11FN2O2/c18-14-7-15-13(17(21)12(8-19)9-20-15)6-16(14)22-10-11-4-2-1-3-5-11/h1-7,9H,10H2,(H,20,21). The number of nitriles is 1. The van der Waals surface area contributed by atoms with Crippen molar-refractivity contribution in [3.8, 4) is 11.8 Å². The third-order valence-corrected chi connectivity index (χ3v) is 3.29. The van der Waals surface area contributed by atoms with Crippen LogP contribution in [0.3, 0.4) is 0 Å². The number of rotatable bonds is 3. The second kappa shape index (κ2) is 5.70. The van der Waals surface area contributed by atoms with Crippen LogP contribution in [0.5, 0.6) is 5.75 Å². The number of aromatic nitrogens is 1. The number of pyridine rings is 1. The molecular weight excluding hydrogens is 283 g/mol. The highest BCUT2D eigenvalue weighted by molar-refractivity contribution is 5.81. The third kappa shape index (κ3) is 2.54. The van der Waals surface area contributed by atoms with Crippen LogP contribution in [0.2, 0.25) is 0 Å². The molecule has 0 fully saturated rings. The minimum absolute atomic E-state index is 0.0167. The molecule has 22 heavy (non-hydrogen) atoms. The van der Waals surface area contributed by atoms with E-state index in [1.165, 1.54) is 18.3 Å². The fourth-order valence-corrected chi connectivity index (χ4v) is 2.15. The number of nitrogens with one attached hydrogen (secondary N) is 1. The van der Waals surface area contributed by atoms with Gasteiger partial charge >= 0.3 is 0 Å². The molecule has 0 atom stereocenters. The molecule has 0 saturated heterocycles. The number of H-pyrrole nitrogens is 1. The molecule has 0 aliphatic carbocycles. The summed E-state index contributed by atoms with van der Waals surface area (Å²) in [6, 6.07) is 13.6. The summed E-state index contributed by atoms with van der Waals surface area (Å²) in [6.07, 6.45) is 1.27. The Morgan fingerprint density at radius 3 is 2.73 bits per heavy atom. The number of fused-ring (bicyclic) bond motifs is 1. The van der Waals surface area contributed by atoms with Gasteiger partial charge in [-0.05, 0) is 11.6 Å². The number of hydrogen-bond acceptors (Lipinski definition) is 3. The Kier molecular flexibility index (Phi) is 3.58. The maximum absolute atomic E-state index is 14.0. The Morgan fingerprint density at radius 2 is 2.00 bits per heavy atom. The van der Waals surface area contributed by atoms with Crippen molar-refractivity contribution < 1.29 is 9.13 Å². The van der Waals surface area contributed by atoms with Crippen molar-refractivity contribution in [1.82, 2.24) is 4.98 Å². The van der Waals surface area contributed by atoms with Gasteiger partial charge in [0.25, 0.3) is 0 Å². The zero-order chi connectivity index (χ0) is 15.5. The summed E-state index contributed by atoms with van der Waals surface area (Å²) < 4.78 is 19.5. The molecule has 0 spiro atoms. The predicted molar refractivity (Wildman–Crippen MR) is 80.0 cm³/mol. The van der Waals surface area contributed by atoms with Gasteiger partial charge < -0.3 is 9.72 Å². The zero-order valence-electron chi connectivity index (χ0n) is 11.5. The quantitative estimate of drug-likeness (QED) is 0.807. The molecule has 108 valence electrons. The van der Waals surface area contributed by atoms with Gasteiger partial charge in [-0.1, -0.05) is 30.3 Å². The van der Waals surface area contributed by atoms with Crippen molar-refractivity contribution in [2.24, 2.45) is 0 Å². The lowest BCUT2D eigenvalue weighted by atomic mass is 10.1. The molecule has 2 aromatic carbocycles. The summed E-state index contributed by atoms with van der Waals surface area (Å²) in [6.45, 7) is 0.194. The Bertz CT molecular complexity index is 927. The van der Waals surface area contributed by atoms with Crippen molar-refractivity contribution in [2.75, 3.05) is 0 Å². The second-order valence-corrected chi connectivity index (χ2v) is 4.75. The monoisotopic (exact) mass is 294 g/mol. The van der Waals surface area contributed by atoms with E-state index in [2.05, 4.69) is 4.98 Å². The van der Waals surface area contributed by atoms with Crippen LogP contribution in [0, 0.1) is 17.1 Å². The smallest absolute Gasteiger partial charge is 0.207 e. The molecule has 0 unspecified atom stereocenters. The Morgan fingerprint density at radius 1 is 1.23 bits per heavy atom. The fourth-order valence-electron chi connectivity index (χ4n) is 2.15. The first-order chi connectivity index (χ1) is 10.7. The molecule has 0 bridgehead atoms. The highest BCUT2D eigenvalue weighted by Gasteiger charge is 2.11. The van der Waals surface area contributed by atoms with Crippen LogP contribution in [-0.2, 0) is 6.61 Å². The van der Waals surface area contributed by atoms with E-state index < -0.39 is 11.2 Å². The van der Waals surface area contributed by atoms with Crippen molar-refractivity contribution in [1.29, 1.82) is 5.26 Å². The molecular formula is C17H11FN2O2. The first-order valence-electron chi connectivity index (χ1n) is 6.61. The summed E-state index contributed by atoms with van der Waals surface area (Å²) >= 11 is 0. The van der Waals surface area contributed by atoms with Crippen LogP contribution in [-0.4, -0.2) is 4.98 Å². The predicted octanol–water partition coefficient (Wildman–Crippen LogP) is 3.12. The van der Waals surface area contributed by atoms with Gasteiger partial charge in [-0.2, -0.15) is 5.26 Å². The number of hydrogen-bond donors (Lipinski definition) is 1. The van der Waals surface area contributed by atoms with E-state index in [0.29, 0.717) is 5.52 Å². The third-order valence-electron chi connectivity index (χ3n) is 3.29. The Hall–Kier alpha value is -3.13. The highest BCUT2D eigenvalue weighted by Crippen LogP contribution is 2.23. The maximum Gasteiger partial charge on any atom is 0.207 e. The zero-order valence-corrected chi connectivity index (χ0v) is 11.5. The van der Waals surface area contributed by atoms with E-state index in [1.807, 2.05) is 30.3 Å². The topological polar surface area (TPSA) is 65.9 Å². The number of nitrogens with zero attached hydrogens (tertiary/aromatic N) is 1. The van der Waals surface area contributed by atoms with Gasteiger partial charge in [0, 0.05) is 12.3 Å². The van der Waals surface area contributed by atoms with Crippen LogP contribution in [0.4, 0.5) is 4.39 Å². The molecule has 1 N–H and O–H groups in total. The van der Waals surface area contributed by atoms with Gasteiger partial charge in [0.2, 0.25) is 5.43 Å². The van der Waals surface area contributed by atoms with Crippen LogP contribution < -0.4 is 10.2 Å². The van der Waals surface area contributed by atoms with Gasteiger partial charge in [-0.3, -0.25) is 4.79 Å². The second-order valence-electron chi connectivity index (χ2n) is 4.75. The maximum atomic E-state index is 14.0. The summed E-state index contributed by atoms with van der Waals surface area (Å²) in [5, 5.41) is 9.10. The van der Waals surface area contributed by atoms with E-state index in [-0.39, 0.29) is 23.3 Å². The lowest BCUT2D eigenvalue weighted by Crippen LogP contribution is -2.08. The van der Waals surface area contributed by atoms with E-state index in [0.717, 1.165) is 5.56 Å². The van der Waals surface area contributed by atoms with Gasteiger partial charge in [-0.15, -0.1) is 0 Å². The summed E-state index contributed by atoms with van der Waals surface area (Å²) in [7, 11) is 0. The lowest BCUT2D eigenvalue weighted by Gasteiger charge is -2.08. The molecule has 0 saturated carbocycles.